The van der Waals surface area contributed by atoms with Gasteiger partial charge in [0.1, 0.15) is 5.82 Å². The highest BCUT2D eigenvalue weighted by atomic mass is 79.9. The number of carbonyl (C=O) groups is 1. The van der Waals surface area contributed by atoms with Gasteiger partial charge in [0.2, 0.25) is 10.0 Å². The van der Waals surface area contributed by atoms with Gasteiger partial charge in [0.05, 0.1) is 16.0 Å². The average Bonchev–Trinajstić information content (AvgIpc) is 2.90. The molecule has 1 fully saturated rings. The lowest BCUT2D eigenvalue weighted by molar-refractivity contribution is 0.0944. The van der Waals surface area contributed by atoms with Crippen molar-refractivity contribution in [3.63, 3.8) is 0 Å². The van der Waals surface area contributed by atoms with Gasteiger partial charge >= 0.3 is 0 Å². The number of rotatable bonds is 4. The van der Waals surface area contributed by atoms with Gasteiger partial charge in [-0.25, -0.2) is 17.9 Å². The number of amides is 1. The molecule has 9 heteroatoms. The van der Waals surface area contributed by atoms with Gasteiger partial charge in [0.15, 0.2) is 0 Å². The number of hydrogen-bond acceptors (Lipinski definition) is 4. The van der Waals surface area contributed by atoms with Crippen LogP contribution in [0, 0.1) is 11.7 Å². The largest absolute Gasteiger partial charge is 0.381 e. The Morgan fingerprint density at radius 2 is 2.24 bits per heavy atom. The summed E-state index contributed by atoms with van der Waals surface area (Å²) in [6.07, 6.45) is 0.845. The molecule has 0 saturated carbocycles. The molecule has 0 aliphatic carbocycles. The third kappa shape index (κ3) is 4.00. The maximum absolute atomic E-state index is 13.7. The van der Waals surface area contributed by atoms with Gasteiger partial charge in [-0.05, 0) is 34.5 Å². The molecule has 0 aromatic heterocycles. The van der Waals surface area contributed by atoms with Crippen LogP contribution in [0.1, 0.15) is 16.8 Å². The molecule has 1 aliphatic heterocycles. The van der Waals surface area contributed by atoms with Crippen LogP contribution < -0.4 is 10.5 Å². The van der Waals surface area contributed by atoms with Crippen LogP contribution in [-0.4, -0.2) is 34.1 Å². The summed E-state index contributed by atoms with van der Waals surface area (Å²) in [4.78, 5) is 11.5. The van der Waals surface area contributed by atoms with Crippen LogP contribution >= 0.6 is 15.9 Å². The van der Waals surface area contributed by atoms with Crippen molar-refractivity contribution in [1.82, 2.24) is 5.32 Å². The van der Waals surface area contributed by atoms with E-state index in [-0.39, 0.29) is 16.0 Å². The van der Waals surface area contributed by atoms with E-state index in [2.05, 4.69) is 21.2 Å². The van der Waals surface area contributed by atoms with Gasteiger partial charge < -0.3 is 10.1 Å². The third-order valence-electron chi connectivity index (χ3n) is 3.14. The minimum Gasteiger partial charge on any atom is -0.381 e. The fourth-order valence-electron chi connectivity index (χ4n) is 1.99. The SMILES string of the molecule is NS(=O)(=O)c1cc(C(=O)NCC2CCOC2)cc(F)c1Br. The molecule has 0 radical (unpaired) electrons. The van der Waals surface area contributed by atoms with Gasteiger partial charge in [-0.15, -0.1) is 0 Å². The van der Waals surface area contributed by atoms with E-state index < -0.39 is 26.6 Å². The molecule has 2 rings (SSSR count). The van der Waals surface area contributed by atoms with Crippen molar-refractivity contribution in [3.8, 4) is 0 Å². The van der Waals surface area contributed by atoms with Crippen LogP contribution in [0.25, 0.3) is 0 Å². The molecule has 1 aliphatic rings. The molecule has 0 spiro atoms. The van der Waals surface area contributed by atoms with E-state index in [9.17, 15) is 17.6 Å². The quantitative estimate of drug-likeness (QED) is 0.813. The molecule has 0 bridgehead atoms. The van der Waals surface area contributed by atoms with Crippen LogP contribution in [0.3, 0.4) is 0 Å². The van der Waals surface area contributed by atoms with E-state index >= 15 is 0 Å². The number of nitrogens with one attached hydrogen (secondary N) is 1. The molecular weight excluding hydrogens is 367 g/mol. The zero-order valence-electron chi connectivity index (χ0n) is 10.9. The molecular formula is C12H14BrFN2O4S. The smallest absolute Gasteiger partial charge is 0.251 e. The number of hydrogen-bond donors (Lipinski definition) is 2. The number of carbonyl (C=O) groups excluding carboxylic acids is 1. The summed E-state index contributed by atoms with van der Waals surface area (Å²) in [5.74, 6) is -1.21. The number of halogens is 2. The molecule has 1 amide bonds. The number of benzene rings is 1. The highest BCUT2D eigenvalue weighted by molar-refractivity contribution is 9.10. The fourth-order valence-corrected chi connectivity index (χ4v) is 3.53. The standard InChI is InChI=1S/C12H14BrFN2O4S/c13-11-9(14)3-8(4-10(11)21(15,18)19)12(17)16-5-7-1-2-20-6-7/h3-4,7H,1-2,5-6H2,(H,16,17)(H2,15,18,19). The van der Waals surface area contributed by atoms with Crippen molar-refractivity contribution in [1.29, 1.82) is 0 Å². The number of nitrogens with two attached hydrogens (primary N) is 1. The number of sulfonamides is 1. The second-order valence-electron chi connectivity index (χ2n) is 4.75. The maximum atomic E-state index is 13.7. The van der Waals surface area contributed by atoms with Gasteiger partial charge in [0.25, 0.3) is 5.91 Å². The fraction of sp³-hybridized carbons (Fsp3) is 0.417. The summed E-state index contributed by atoms with van der Waals surface area (Å²) >= 11 is 2.81. The second kappa shape index (κ2) is 6.39. The first-order chi connectivity index (χ1) is 9.79. The Morgan fingerprint density at radius 1 is 1.52 bits per heavy atom. The molecule has 1 aromatic rings. The van der Waals surface area contributed by atoms with Crippen LogP contribution in [0.2, 0.25) is 0 Å². The first-order valence-electron chi connectivity index (χ1n) is 6.17. The van der Waals surface area contributed by atoms with Crippen molar-refractivity contribution in [3.05, 3.63) is 28.0 Å². The molecule has 1 saturated heterocycles. The summed E-state index contributed by atoms with van der Waals surface area (Å²) in [6.45, 7) is 1.61. The summed E-state index contributed by atoms with van der Waals surface area (Å²) < 4.78 is 41.4. The molecule has 1 unspecified atom stereocenters. The Morgan fingerprint density at radius 3 is 2.81 bits per heavy atom. The van der Waals surface area contributed by atoms with E-state index in [4.69, 9.17) is 9.88 Å². The number of ether oxygens (including phenoxy) is 1. The van der Waals surface area contributed by atoms with Gasteiger partial charge in [-0.1, -0.05) is 0 Å². The summed E-state index contributed by atoms with van der Waals surface area (Å²) in [6, 6.07) is 2.00. The Kier molecular flexibility index (Phi) is 4.97. The second-order valence-corrected chi connectivity index (χ2v) is 7.08. The van der Waals surface area contributed by atoms with Crippen LogP contribution in [0.15, 0.2) is 21.5 Å². The van der Waals surface area contributed by atoms with Crippen LogP contribution in [-0.2, 0) is 14.8 Å². The summed E-state index contributed by atoms with van der Waals surface area (Å²) in [5.41, 5.74) is -0.0985. The lowest BCUT2D eigenvalue weighted by Crippen LogP contribution is -2.30. The Balaban J connectivity index is 2.19. The van der Waals surface area contributed by atoms with Crippen molar-refractivity contribution in [2.24, 2.45) is 11.1 Å². The van der Waals surface area contributed by atoms with Crippen molar-refractivity contribution < 1.29 is 22.3 Å². The predicted octanol–water partition coefficient (Wildman–Crippen LogP) is 1.00. The third-order valence-corrected chi connectivity index (χ3v) is 5.14. The lowest BCUT2D eigenvalue weighted by atomic mass is 10.1. The summed E-state index contributed by atoms with van der Waals surface area (Å²) in [5, 5.41) is 7.63. The van der Waals surface area contributed by atoms with E-state index in [1.807, 2.05) is 0 Å². The van der Waals surface area contributed by atoms with Crippen LogP contribution in [0.4, 0.5) is 4.39 Å². The van der Waals surface area contributed by atoms with Crippen molar-refractivity contribution in [2.75, 3.05) is 19.8 Å². The van der Waals surface area contributed by atoms with Crippen molar-refractivity contribution in [2.45, 2.75) is 11.3 Å². The van der Waals surface area contributed by atoms with Gasteiger partial charge in [-0.3, -0.25) is 4.79 Å². The van der Waals surface area contributed by atoms with Gasteiger partial charge in [-0.2, -0.15) is 0 Å². The first-order valence-corrected chi connectivity index (χ1v) is 8.50. The van der Waals surface area contributed by atoms with Crippen molar-refractivity contribution >= 4 is 31.9 Å². The maximum Gasteiger partial charge on any atom is 0.251 e. The zero-order chi connectivity index (χ0) is 15.6. The molecule has 1 aromatic carbocycles. The Hall–Kier alpha value is -1.03. The minimum atomic E-state index is -4.13. The van der Waals surface area contributed by atoms with Gasteiger partial charge in [0, 0.05) is 24.6 Å². The van der Waals surface area contributed by atoms with E-state index in [1.54, 1.807) is 0 Å². The predicted molar refractivity (Wildman–Crippen MR) is 76.7 cm³/mol. The highest BCUT2D eigenvalue weighted by Crippen LogP contribution is 2.26. The van der Waals surface area contributed by atoms with E-state index in [0.29, 0.717) is 19.8 Å². The van der Waals surface area contributed by atoms with Crippen LogP contribution in [0.5, 0.6) is 0 Å². The lowest BCUT2D eigenvalue weighted by Gasteiger charge is -2.11. The molecule has 6 nitrogen and oxygen atoms in total. The first kappa shape index (κ1) is 16.3. The minimum absolute atomic E-state index is 0.0985. The molecule has 116 valence electrons. The van der Waals surface area contributed by atoms with E-state index in [0.717, 1.165) is 18.6 Å². The molecule has 1 atom stereocenters. The molecule has 3 N–H and O–H groups in total. The van der Waals surface area contributed by atoms with E-state index in [1.165, 1.54) is 0 Å². The summed E-state index contributed by atoms with van der Waals surface area (Å²) in [7, 11) is -4.13. The Bertz CT molecular complexity index is 659. The zero-order valence-corrected chi connectivity index (χ0v) is 13.3. The molecule has 1 heterocycles. The normalized spacial score (nSPS) is 18.7. The molecule has 21 heavy (non-hydrogen) atoms. The number of primary sulfonamides is 1. The highest BCUT2D eigenvalue weighted by Gasteiger charge is 2.21. The monoisotopic (exact) mass is 380 g/mol. The average molecular weight is 381 g/mol. The topological polar surface area (TPSA) is 98.5 Å². The Labute approximate surface area is 130 Å².